The zero-order chi connectivity index (χ0) is 20.5. The summed E-state index contributed by atoms with van der Waals surface area (Å²) in [7, 11) is 0. The standard InChI is InChI=1S/C22H20N4O2S/c1-12-13(2)25-26-22-18(12)19(23)20(29-22)21(28)24-11-14-7-9-15(10-8-14)16-5-3-4-6-17(16)27/h3-10,27H,11,23H2,1-2H3,(H,24,28). The maximum absolute atomic E-state index is 12.7. The van der Waals surface area contributed by atoms with Gasteiger partial charge in [-0.1, -0.05) is 42.5 Å². The highest BCUT2D eigenvalue weighted by Crippen LogP contribution is 2.35. The molecule has 0 radical (unpaired) electrons. The van der Waals surface area contributed by atoms with E-state index in [4.69, 9.17) is 5.73 Å². The van der Waals surface area contributed by atoms with Crippen LogP contribution in [-0.4, -0.2) is 21.2 Å². The molecular weight excluding hydrogens is 384 g/mol. The molecule has 6 nitrogen and oxygen atoms in total. The van der Waals surface area contributed by atoms with E-state index in [1.54, 1.807) is 12.1 Å². The highest BCUT2D eigenvalue weighted by atomic mass is 32.1. The number of benzene rings is 2. The van der Waals surface area contributed by atoms with Gasteiger partial charge < -0.3 is 16.2 Å². The van der Waals surface area contributed by atoms with Crippen LogP contribution in [0, 0.1) is 13.8 Å². The number of hydrogen-bond acceptors (Lipinski definition) is 6. The number of nitrogens with zero attached hydrogens (tertiary/aromatic N) is 2. The van der Waals surface area contributed by atoms with Gasteiger partial charge in [-0.15, -0.1) is 16.4 Å². The first-order valence-electron chi connectivity index (χ1n) is 9.13. The molecule has 0 saturated heterocycles. The van der Waals surface area contributed by atoms with E-state index >= 15 is 0 Å². The number of para-hydroxylation sites is 1. The van der Waals surface area contributed by atoms with Crippen molar-refractivity contribution in [3.63, 3.8) is 0 Å². The Labute approximate surface area is 172 Å². The normalized spacial score (nSPS) is 11.0. The molecule has 146 valence electrons. The van der Waals surface area contributed by atoms with E-state index in [2.05, 4.69) is 15.5 Å². The number of thiophene rings is 1. The lowest BCUT2D eigenvalue weighted by Crippen LogP contribution is -2.22. The number of carbonyl (C=O) groups excluding carboxylic acids is 1. The number of phenols is 1. The fourth-order valence-electron chi connectivity index (χ4n) is 3.19. The van der Waals surface area contributed by atoms with Crippen LogP contribution in [0.3, 0.4) is 0 Å². The lowest BCUT2D eigenvalue weighted by atomic mass is 10.0. The number of rotatable bonds is 4. The van der Waals surface area contributed by atoms with Crippen molar-refractivity contribution in [3.05, 3.63) is 70.2 Å². The Morgan fingerprint density at radius 1 is 1.10 bits per heavy atom. The SMILES string of the molecule is Cc1nnc2sc(C(=O)NCc3ccc(-c4ccccc4O)cc3)c(N)c2c1C. The molecule has 2 aromatic carbocycles. The van der Waals surface area contributed by atoms with Gasteiger partial charge in [0.2, 0.25) is 0 Å². The van der Waals surface area contributed by atoms with Crippen LogP contribution >= 0.6 is 11.3 Å². The van der Waals surface area contributed by atoms with Gasteiger partial charge in [-0.25, -0.2) is 0 Å². The first kappa shape index (κ1) is 18.9. The second-order valence-electron chi connectivity index (χ2n) is 6.83. The molecule has 0 fully saturated rings. The van der Waals surface area contributed by atoms with E-state index in [9.17, 15) is 9.90 Å². The molecule has 4 rings (SSSR count). The van der Waals surface area contributed by atoms with E-state index < -0.39 is 0 Å². The minimum absolute atomic E-state index is 0.229. The second-order valence-corrected chi connectivity index (χ2v) is 7.83. The zero-order valence-electron chi connectivity index (χ0n) is 16.1. The number of anilines is 1. The number of aromatic nitrogens is 2. The van der Waals surface area contributed by atoms with Crippen molar-refractivity contribution in [2.75, 3.05) is 5.73 Å². The number of nitrogen functional groups attached to an aromatic ring is 1. The molecule has 1 amide bonds. The molecule has 4 N–H and O–H groups in total. The first-order valence-corrected chi connectivity index (χ1v) is 9.94. The number of nitrogens with two attached hydrogens (primary N) is 1. The topological polar surface area (TPSA) is 101 Å². The van der Waals surface area contributed by atoms with Gasteiger partial charge in [0.05, 0.1) is 11.4 Å². The number of fused-ring (bicyclic) bond motifs is 1. The van der Waals surface area contributed by atoms with Crippen LogP contribution in [-0.2, 0) is 6.54 Å². The lowest BCUT2D eigenvalue weighted by Gasteiger charge is -2.08. The maximum Gasteiger partial charge on any atom is 0.263 e. The van der Waals surface area contributed by atoms with E-state index in [1.165, 1.54) is 11.3 Å². The number of carbonyl (C=O) groups is 1. The quantitative estimate of drug-likeness (QED) is 0.473. The van der Waals surface area contributed by atoms with E-state index in [-0.39, 0.29) is 11.7 Å². The fraction of sp³-hybridized carbons (Fsp3) is 0.136. The molecule has 2 aromatic heterocycles. The summed E-state index contributed by atoms with van der Waals surface area (Å²) in [6.07, 6.45) is 0. The molecule has 0 saturated carbocycles. The predicted octanol–water partition coefficient (Wildman–Crippen LogP) is 4.19. The molecular formula is C22H20N4O2S. The van der Waals surface area contributed by atoms with Crippen molar-refractivity contribution < 1.29 is 9.90 Å². The number of phenolic OH excluding ortho intramolecular Hbond substituents is 1. The number of aryl methyl sites for hydroxylation is 2. The van der Waals surface area contributed by atoms with Crippen LogP contribution in [0.25, 0.3) is 21.3 Å². The van der Waals surface area contributed by atoms with Gasteiger partial charge in [0, 0.05) is 17.5 Å². The minimum atomic E-state index is -0.229. The van der Waals surface area contributed by atoms with Crippen molar-refractivity contribution in [1.29, 1.82) is 0 Å². The lowest BCUT2D eigenvalue weighted by molar-refractivity contribution is 0.0956. The molecule has 0 bridgehead atoms. The van der Waals surface area contributed by atoms with Crippen LogP contribution in [0.15, 0.2) is 48.5 Å². The van der Waals surface area contributed by atoms with E-state index in [0.717, 1.165) is 33.3 Å². The summed E-state index contributed by atoms with van der Waals surface area (Å²) in [6, 6.07) is 14.9. The van der Waals surface area contributed by atoms with Gasteiger partial charge in [0.25, 0.3) is 5.91 Å². The smallest absolute Gasteiger partial charge is 0.263 e. The van der Waals surface area contributed by atoms with Gasteiger partial charge in [-0.3, -0.25) is 4.79 Å². The summed E-state index contributed by atoms with van der Waals surface area (Å²) in [6.45, 7) is 4.18. The molecule has 29 heavy (non-hydrogen) atoms. The van der Waals surface area contributed by atoms with Crippen molar-refractivity contribution in [2.24, 2.45) is 0 Å². The maximum atomic E-state index is 12.7. The van der Waals surface area contributed by atoms with Crippen molar-refractivity contribution in [1.82, 2.24) is 15.5 Å². The van der Waals surface area contributed by atoms with Crippen molar-refractivity contribution in [2.45, 2.75) is 20.4 Å². The molecule has 0 atom stereocenters. The summed E-state index contributed by atoms with van der Waals surface area (Å²) >= 11 is 1.25. The minimum Gasteiger partial charge on any atom is -0.507 e. The van der Waals surface area contributed by atoms with Gasteiger partial charge in [-0.2, -0.15) is 5.10 Å². The van der Waals surface area contributed by atoms with Crippen LogP contribution < -0.4 is 11.1 Å². The molecule has 0 aliphatic rings. The number of amides is 1. The van der Waals surface area contributed by atoms with Crippen LogP contribution in [0.5, 0.6) is 5.75 Å². The molecule has 7 heteroatoms. The van der Waals surface area contributed by atoms with Crippen LogP contribution in [0.4, 0.5) is 5.69 Å². The van der Waals surface area contributed by atoms with Gasteiger partial charge in [0.1, 0.15) is 15.5 Å². The van der Waals surface area contributed by atoms with Crippen molar-refractivity contribution in [3.8, 4) is 16.9 Å². The Morgan fingerprint density at radius 3 is 2.55 bits per heavy atom. The number of aromatic hydroxyl groups is 1. The van der Waals surface area contributed by atoms with Crippen LogP contribution in [0.1, 0.15) is 26.5 Å². The van der Waals surface area contributed by atoms with Crippen LogP contribution in [0.2, 0.25) is 0 Å². The number of nitrogens with one attached hydrogen (secondary N) is 1. The zero-order valence-corrected chi connectivity index (χ0v) is 16.9. The Hall–Kier alpha value is -3.45. The summed E-state index contributed by atoms with van der Waals surface area (Å²) in [5, 5.41) is 22.0. The van der Waals surface area contributed by atoms with E-state index in [0.29, 0.717) is 21.9 Å². The molecule has 0 aliphatic carbocycles. The van der Waals surface area contributed by atoms with Gasteiger partial charge >= 0.3 is 0 Å². The molecule has 0 unspecified atom stereocenters. The Bertz CT molecular complexity index is 1220. The third kappa shape index (κ3) is 3.52. The average Bonchev–Trinajstić information content (AvgIpc) is 3.07. The highest BCUT2D eigenvalue weighted by Gasteiger charge is 2.19. The third-order valence-electron chi connectivity index (χ3n) is 4.96. The number of hydrogen-bond donors (Lipinski definition) is 3. The summed E-state index contributed by atoms with van der Waals surface area (Å²) in [5.74, 6) is 0.00903. The molecule has 0 aliphatic heterocycles. The molecule has 4 aromatic rings. The summed E-state index contributed by atoms with van der Waals surface area (Å²) < 4.78 is 0. The Morgan fingerprint density at radius 2 is 1.83 bits per heavy atom. The Kier molecular flexibility index (Phi) is 4.90. The van der Waals surface area contributed by atoms with E-state index in [1.807, 2.05) is 50.2 Å². The first-order chi connectivity index (χ1) is 14.0. The summed E-state index contributed by atoms with van der Waals surface area (Å²) in [4.78, 5) is 13.8. The average molecular weight is 404 g/mol. The van der Waals surface area contributed by atoms with Crippen molar-refractivity contribution >= 4 is 33.1 Å². The summed E-state index contributed by atoms with van der Waals surface area (Å²) in [5.41, 5.74) is 11.1. The molecule has 0 spiro atoms. The second kappa shape index (κ2) is 7.52. The Balaban J connectivity index is 1.50. The monoisotopic (exact) mass is 404 g/mol. The van der Waals surface area contributed by atoms with Gasteiger partial charge in [0.15, 0.2) is 0 Å². The largest absolute Gasteiger partial charge is 0.507 e. The third-order valence-corrected chi connectivity index (χ3v) is 6.05. The highest BCUT2D eigenvalue weighted by molar-refractivity contribution is 7.21. The predicted molar refractivity (Wildman–Crippen MR) is 116 cm³/mol. The van der Waals surface area contributed by atoms with Gasteiger partial charge in [-0.05, 0) is 36.6 Å². The fourth-order valence-corrected chi connectivity index (χ4v) is 4.21. The molecule has 2 heterocycles.